The molecule has 0 saturated heterocycles. The van der Waals surface area contributed by atoms with Crippen molar-refractivity contribution >= 4 is 11.7 Å². The minimum atomic E-state index is -0.0279. The molecule has 2 heterocycles. The molecule has 0 spiro atoms. The molecule has 8 heteroatoms. The van der Waals surface area contributed by atoms with Crippen molar-refractivity contribution in [2.75, 3.05) is 25.5 Å². The van der Waals surface area contributed by atoms with Crippen LogP contribution in [0.15, 0.2) is 43.0 Å². The molecule has 0 bridgehead atoms. The van der Waals surface area contributed by atoms with Crippen LogP contribution < -0.4 is 15.4 Å². The van der Waals surface area contributed by atoms with Crippen molar-refractivity contribution < 1.29 is 9.53 Å². The van der Waals surface area contributed by atoms with E-state index < -0.39 is 0 Å². The molecule has 0 aliphatic rings. The zero-order valence-electron chi connectivity index (χ0n) is 16.3. The van der Waals surface area contributed by atoms with Gasteiger partial charge in [0.25, 0.3) is 0 Å². The van der Waals surface area contributed by atoms with Crippen LogP contribution in [0.4, 0.5) is 5.82 Å². The summed E-state index contributed by atoms with van der Waals surface area (Å²) < 4.78 is 7.03. The number of carbonyl (C=O) groups excluding carboxylic acids is 1. The Balaban J connectivity index is 1.46. The second-order valence-electron chi connectivity index (χ2n) is 6.35. The van der Waals surface area contributed by atoms with Crippen LogP contribution in [0, 0.1) is 13.8 Å². The molecule has 8 nitrogen and oxygen atoms in total. The van der Waals surface area contributed by atoms with E-state index in [1.54, 1.807) is 13.4 Å². The third kappa shape index (κ3) is 4.85. The Morgan fingerprint density at radius 2 is 1.89 bits per heavy atom. The van der Waals surface area contributed by atoms with Gasteiger partial charge in [-0.15, -0.1) is 0 Å². The Morgan fingerprint density at radius 3 is 2.57 bits per heavy atom. The molecule has 146 valence electrons. The van der Waals surface area contributed by atoms with E-state index in [1.165, 1.54) is 6.33 Å². The van der Waals surface area contributed by atoms with Crippen molar-refractivity contribution in [2.45, 2.75) is 20.3 Å². The third-order valence-electron chi connectivity index (χ3n) is 4.43. The van der Waals surface area contributed by atoms with E-state index in [4.69, 9.17) is 4.74 Å². The van der Waals surface area contributed by atoms with Gasteiger partial charge >= 0.3 is 0 Å². The van der Waals surface area contributed by atoms with Crippen LogP contribution >= 0.6 is 0 Å². The molecule has 0 aliphatic carbocycles. The van der Waals surface area contributed by atoms with Gasteiger partial charge in [-0.2, -0.15) is 0 Å². The van der Waals surface area contributed by atoms with E-state index >= 15 is 0 Å². The molecule has 28 heavy (non-hydrogen) atoms. The normalized spacial score (nSPS) is 10.5. The minimum absolute atomic E-state index is 0.0279. The lowest BCUT2D eigenvalue weighted by molar-refractivity contribution is -0.120. The number of rotatable bonds is 8. The number of carbonyl (C=O) groups is 1. The van der Waals surface area contributed by atoms with E-state index in [1.807, 2.05) is 48.7 Å². The number of imidazole rings is 1. The number of aryl methyl sites for hydroxylation is 1. The van der Waals surface area contributed by atoms with E-state index in [0.29, 0.717) is 25.3 Å². The number of methoxy groups -OCH3 is 1. The van der Waals surface area contributed by atoms with E-state index in [2.05, 4.69) is 25.6 Å². The first-order chi connectivity index (χ1) is 13.6. The highest BCUT2D eigenvalue weighted by molar-refractivity contribution is 5.78. The number of hydrogen-bond donors (Lipinski definition) is 2. The summed E-state index contributed by atoms with van der Waals surface area (Å²) in [6.07, 6.45) is 3.59. The van der Waals surface area contributed by atoms with Crippen molar-refractivity contribution in [3.63, 3.8) is 0 Å². The molecule has 1 aromatic carbocycles. The molecular formula is C20H24N6O2. The minimum Gasteiger partial charge on any atom is -0.497 e. The van der Waals surface area contributed by atoms with Gasteiger partial charge in [-0.3, -0.25) is 9.36 Å². The Morgan fingerprint density at radius 1 is 1.11 bits per heavy atom. The molecule has 0 radical (unpaired) electrons. The van der Waals surface area contributed by atoms with Crippen LogP contribution in [0.25, 0.3) is 5.82 Å². The fourth-order valence-corrected chi connectivity index (χ4v) is 2.69. The van der Waals surface area contributed by atoms with Crippen LogP contribution in [0.2, 0.25) is 0 Å². The summed E-state index contributed by atoms with van der Waals surface area (Å²) in [5, 5.41) is 6.10. The highest BCUT2D eigenvalue weighted by Crippen LogP contribution is 2.14. The molecule has 0 atom stereocenters. The smallest absolute Gasteiger partial charge is 0.224 e. The van der Waals surface area contributed by atoms with E-state index in [-0.39, 0.29) is 5.91 Å². The van der Waals surface area contributed by atoms with E-state index in [9.17, 15) is 4.79 Å². The molecule has 2 N–H and O–H groups in total. The Hall–Kier alpha value is -3.42. The first kappa shape index (κ1) is 19.3. The van der Waals surface area contributed by atoms with Crippen LogP contribution in [0.1, 0.15) is 17.0 Å². The summed E-state index contributed by atoms with van der Waals surface area (Å²) in [5.41, 5.74) is 2.95. The zero-order valence-corrected chi connectivity index (χ0v) is 16.3. The number of hydrogen-bond acceptors (Lipinski definition) is 6. The maximum atomic E-state index is 12.1. The van der Waals surface area contributed by atoms with Gasteiger partial charge in [-0.05, 0) is 31.5 Å². The summed E-state index contributed by atoms with van der Waals surface area (Å²) >= 11 is 0. The Labute approximate surface area is 164 Å². The number of anilines is 1. The molecule has 0 aliphatic heterocycles. The van der Waals surface area contributed by atoms with Gasteiger partial charge in [-0.1, -0.05) is 12.1 Å². The highest BCUT2D eigenvalue weighted by atomic mass is 16.5. The maximum absolute atomic E-state index is 12.1. The average Bonchev–Trinajstić information content (AvgIpc) is 3.05. The van der Waals surface area contributed by atoms with Gasteiger partial charge in [-0.25, -0.2) is 15.0 Å². The molecular weight excluding hydrogens is 356 g/mol. The van der Waals surface area contributed by atoms with Crippen LogP contribution in [0.5, 0.6) is 5.75 Å². The number of nitrogens with zero attached hydrogens (tertiary/aromatic N) is 4. The van der Waals surface area contributed by atoms with Gasteiger partial charge in [0.05, 0.1) is 19.2 Å². The third-order valence-corrected chi connectivity index (χ3v) is 4.43. The maximum Gasteiger partial charge on any atom is 0.224 e. The number of nitrogens with one attached hydrogen (secondary N) is 2. The molecule has 0 saturated carbocycles. The largest absolute Gasteiger partial charge is 0.497 e. The van der Waals surface area contributed by atoms with Crippen molar-refractivity contribution in [1.82, 2.24) is 24.8 Å². The Bertz CT molecular complexity index is 936. The first-order valence-corrected chi connectivity index (χ1v) is 9.03. The lowest BCUT2D eigenvalue weighted by atomic mass is 10.1. The quantitative estimate of drug-likeness (QED) is 0.581. The Kier molecular flexibility index (Phi) is 6.21. The number of benzene rings is 1. The molecule has 0 fully saturated rings. The standard InChI is InChI=1S/C20H24N6O2/c1-14-15(2)26(13-25-14)19-11-18(23-12-24-19)21-8-9-22-20(27)10-16-4-6-17(28-3)7-5-16/h4-7,11-13H,8-10H2,1-3H3,(H,22,27)(H,21,23,24). The van der Waals surface area contributed by atoms with Crippen molar-refractivity contribution in [3.8, 4) is 11.6 Å². The molecule has 0 unspecified atom stereocenters. The topological polar surface area (TPSA) is 94.0 Å². The second kappa shape index (κ2) is 8.98. The van der Waals surface area contributed by atoms with Crippen molar-refractivity contribution in [3.05, 3.63) is 59.9 Å². The summed E-state index contributed by atoms with van der Waals surface area (Å²) in [6.45, 7) is 5.01. The van der Waals surface area contributed by atoms with Crippen LogP contribution in [0.3, 0.4) is 0 Å². The monoisotopic (exact) mass is 380 g/mol. The van der Waals surface area contributed by atoms with Crippen LogP contribution in [-0.4, -0.2) is 45.6 Å². The number of ether oxygens (including phenoxy) is 1. The predicted molar refractivity (Wildman–Crippen MR) is 107 cm³/mol. The van der Waals surface area contributed by atoms with Crippen molar-refractivity contribution in [1.29, 1.82) is 0 Å². The van der Waals surface area contributed by atoms with E-state index in [0.717, 1.165) is 28.5 Å². The lowest BCUT2D eigenvalue weighted by Gasteiger charge is -2.09. The molecule has 2 aromatic heterocycles. The SMILES string of the molecule is COc1ccc(CC(=O)NCCNc2cc(-n3cnc(C)c3C)ncn2)cc1. The summed E-state index contributed by atoms with van der Waals surface area (Å²) in [4.78, 5) is 24.9. The fraction of sp³-hybridized carbons (Fsp3) is 0.300. The second-order valence-corrected chi connectivity index (χ2v) is 6.35. The number of aromatic nitrogens is 4. The summed E-state index contributed by atoms with van der Waals surface area (Å²) in [7, 11) is 1.62. The van der Waals surface area contributed by atoms with Gasteiger partial charge in [0.15, 0.2) is 0 Å². The van der Waals surface area contributed by atoms with Gasteiger partial charge < -0.3 is 15.4 Å². The predicted octanol–water partition coefficient (Wildman–Crippen LogP) is 2.06. The highest BCUT2D eigenvalue weighted by Gasteiger charge is 2.07. The molecule has 1 amide bonds. The lowest BCUT2D eigenvalue weighted by Crippen LogP contribution is -2.30. The fourth-order valence-electron chi connectivity index (χ4n) is 2.69. The van der Waals surface area contributed by atoms with Gasteiger partial charge in [0.1, 0.15) is 30.0 Å². The average molecular weight is 380 g/mol. The number of amides is 1. The molecule has 3 rings (SSSR count). The zero-order chi connectivity index (χ0) is 19.9. The van der Waals surface area contributed by atoms with Crippen LogP contribution in [-0.2, 0) is 11.2 Å². The first-order valence-electron chi connectivity index (χ1n) is 9.03. The summed E-state index contributed by atoms with van der Waals surface area (Å²) in [6, 6.07) is 9.33. The molecule has 3 aromatic rings. The summed E-state index contributed by atoms with van der Waals surface area (Å²) in [5.74, 6) is 2.19. The van der Waals surface area contributed by atoms with Crippen molar-refractivity contribution in [2.24, 2.45) is 0 Å². The van der Waals surface area contributed by atoms with Gasteiger partial charge in [0.2, 0.25) is 5.91 Å². The van der Waals surface area contributed by atoms with Gasteiger partial charge in [0, 0.05) is 24.8 Å².